The Hall–Kier alpha value is -2.56. The van der Waals surface area contributed by atoms with E-state index in [2.05, 4.69) is 17.6 Å². The van der Waals surface area contributed by atoms with Gasteiger partial charge in [-0.2, -0.15) is 0 Å². The highest BCUT2D eigenvalue weighted by atomic mass is 16.3. The lowest BCUT2D eigenvalue weighted by Gasteiger charge is -2.20. The molecule has 0 spiro atoms. The van der Waals surface area contributed by atoms with Crippen LogP contribution >= 0.6 is 0 Å². The topological polar surface area (TPSA) is 71.3 Å². The zero-order valence-corrected chi connectivity index (χ0v) is 16.0. The number of para-hydroxylation sites is 1. The van der Waals surface area contributed by atoms with Crippen LogP contribution in [-0.4, -0.2) is 23.9 Å². The molecule has 1 aromatic heterocycles. The van der Waals surface area contributed by atoms with Crippen LogP contribution in [0, 0.1) is 0 Å². The lowest BCUT2D eigenvalue weighted by molar-refractivity contribution is -0.124. The predicted octanol–water partition coefficient (Wildman–Crippen LogP) is 3.82. The van der Waals surface area contributed by atoms with Gasteiger partial charge in [-0.25, -0.2) is 0 Å². The summed E-state index contributed by atoms with van der Waals surface area (Å²) in [4.78, 5) is 23.8. The van der Waals surface area contributed by atoms with E-state index in [1.165, 1.54) is 6.08 Å². The van der Waals surface area contributed by atoms with E-state index < -0.39 is 0 Å². The van der Waals surface area contributed by atoms with Crippen molar-refractivity contribution in [2.45, 2.75) is 52.5 Å². The number of furan rings is 1. The quantitative estimate of drug-likeness (QED) is 0.741. The number of benzene rings is 1. The summed E-state index contributed by atoms with van der Waals surface area (Å²) >= 11 is 0. The fraction of sp³-hybridized carbons (Fsp3) is 0.429. The second kappa shape index (κ2) is 8.70. The largest absolute Gasteiger partial charge is 0.460 e. The number of amides is 2. The summed E-state index contributed by atoms with van der Waals surface area (Å²) in [6.07, 6.45) is 6.16. The van der Waals surface area contributed by atoms with E-state index in [-0.39, 0.29) is 23.9 Å². The lowest BCUT2D eigenvalue weighted by atomic mass is 10.1. The molecule has 0 fully saturated rings. The number of carbonyl (C=O) groups is 2. The highest BCUT2D eigenvalue weighted by molar-refractivity contribution is 5.97. The van der Waals surface area contributed by atoms with Crippen molar-refractivity contribution in [2.75, 3.05) is 6.54 Å². The van der Waals surface area contributed by atoms with Gasteiger partial charge < -0.3 is 15.1 Å². The van der Waals surface area contributed by atoms with Crippen LogP contribution in [-0.2, 0) is 16.0 Å². The first kappa shape index (κ1) is 19.8. The van der Waals surface area contributed by atoms with Crippen LogP contribution in [0.4, 0.5) is 0 Å². The van der Waals surface area contributed by atoms with Gasteiger partial charge in [0.25, 0.3) is 0 Å². The number of carbonyl (C=O) groups excluding carboxylic acids is 2. The molecule has 0 saturated carbocycles. The van der Waals surface area contributed by atoms with Crippen molar-refractivity contribution < 1.29 is 14.0 Å². The number of aryl methyl sites for hydroxylation is 1. The molecular weight excluding hydrogens is 328 g/mol. The van der Waals surface area contributed by atoms with Crippen LogP contribution in [0.5, 0.6) is 0 Å². The summed E-state index contributed by atoms with van der Waals surface area (Å²) in [6.45, 7) is 7.78. The molecule has 0 aliphatic rings. The van der Waals surface area contributed by atoms with Gasteiger partial charge in [0.1, 0.15) is 11.3 Å². The zero-order valence-electron chi connectivity index (χ0n) is 16.0. The number of hydrogen-bond donors (Lipinski definition) is 2. The van der Waals surface area contributed by atoms with Gasteiger partial charge in [-0.3, -0.25) is 9.59 Å². The van der Waals surface area contributed by atoms with Crippen molar-refractivity contribution >= 4 is 28.9 Å². The second-order valence-electron chi connectivity index (χ2n) is 7.39. The van der Waals surface area contributed by atoms with Crippen molar-refractivity contribution in [1.29, 1.82) is 0 Å². The molecule has 2 amide bonds. The maximum atomic E-state index is 12.1. The Bertz CT molecular complexity index is 797. The standard InChI is InChI=1S/C21H28N2O3/c1-5-6-10-17-16(15-9-7-8-11-18(15)26-17)12-13-19(24)22-14-20(25)23-21(2,3)4/h7-9,11-13H,5-6,10,14H2,1-4H3,(H,22,24)(H,23,25)/b13-12+. The number of rotatable bonds is 7. The van der Waals surface area contributed by atoms with E-state index in [4.69, 9.17) is 4.42 Å². The van der Waals surface area contributed by atoms with Crippen LogP contribution in [0.2, 0.25) is 0 Å². The first-order chi connectivity index (χ1) is 12.3. The number of unbranched alkanes of at least 4 members (excludes halogenated alkanes) is 1. The van der Waals surface area contributed by atoms with Gasteiger partial charge in [-0.15, -0.1) is 0 Å². The van der Waals surface area contributed by atoms with E-state index in [0.29, 0.717) is 0 Å². The van der Waals surface area contributed by atoms with E-state index in [1.807, 2.05) is 45.0 Å². The molecule has 5 nitrogen and oxygen atoms in total. The van der Waals surface area contributed by atoms with Crippen LogP contribution in [0.3, 0.4) is 0 Å². The van der Waals surface area contributed by atoms with Gasteiger partial charge in [-0.1, -0.05) is 31.5 Å². The average Bonchev–Trinajstić information content (AvgIpc) is 2.92. The van der Waals surface area contributed by atoms with Gasteiger partial charge in [0.05, 0.1) is 6.54 Å². The molecule has 1 heterocycles. The molecule has 0 aliphatic carbocycles. The highest BCUT2D eigenvalue weighted by Crippen LogP contribution is 2.28. The van der Waals surface area contributed by atoms with Gasteiger partial charge >= 0.3 is 0 Å². The normalized spacial score (nSPS) is 11.8. The molecule has 2 aromatic rings. The van der Waals surface area contributed by atoms with Crippen LogP contribution in [0.25, 0.3) is 17.0 Å². The fourth-order valence-corrected chi connectivity index (χ4v) is 2.67. The Balaban J connectivity index is 2.06. The third-order valence-corrected chi connectivity index (χ3v) is 3.81. The molecule has 5 heteroatoms. The second-order valence-corrected chi connectivity index (χ2v) is 7.39. The van der Waals surface area contributed by atoms with Gasteiger partial charge in [0, 0.05) is 29.0 Å². The molecule has 26 heavy (non-hydrogen) atoms. The molecular formula is C21H28N2O3. The first-order valence-electron chi connectivity index (χ1n) is 9.07. The first-order valence-corrected chi connectivity index (χ1v) is 9.07. The van der Waals surface area contributed by atoms with E-state index in [9.17, 15) is 9.59 Å². The average molecular weight is 356 g/mol. The van der Waals surface area contributed by atoms with E-state index in [1.54, 1.807) is 6.08 Å². The molecule has 0 aliphatic heterocycles. The van der Waals surface area contributed by atoms with Gasteiger partial charge in [-0.05, 0) is 39.3 Å². The monoisotopic (exact) mass is 356 g/mol. The maximum Gasteiger partial charge on any atom is 0.244 e. The van der Waals surface area contributed by atoms with Crippen molar-refractivity contribution in [3.05, 3.63) is 41.7 Å². The van der Waals surface area contributed by atoms with Crippen LogP contribution in [0.1, 0.15) is 51.9 Å². The third-order valence-electron chi connectivity index (χ3n) is 3.81. The van der Waals surface area contributed by atoms with Gasteiger partial charge in [0.2, 0.25) is 11.8 Å². The van der Waals surface area contributed by atoms with Crippen molar-refractivity contribution in [1.82, 2.24) is 10.6 Å². The van der Waals surface area contributed by atoms with Gasteiger partial charge in [0.15, 0.2) is 0 Å². The summed E-state index contributed by atoms with van der Waals surface area (Å²) in [6, 6.07) is 7.81. The fourth-order valence-electron chi connectivity index (χ4n) is 2.67. The highest BCUT2D eigenvalue weighted by Gasteiger charge is 2.14. The SMILES string of the molecule is CCCCc1oc2ccccc2c1/C=C/C(=O)NCC(=O)NC(C)(C)C. The third kappa shape index (κ3) is 5.76. The minimum Gasteiger partial charge on any atom is -0.460 e. The van der Waals surface area contributed by atoms with E-state index in [0.717, 1.165) is 41.6 Å². The molecule has 140 valence electrons. The molecule has 2 rings (SSSR count). The lowest BCUT2D eigenvalue weighted by Crippen LogP contribution is -2.45. The minimum absolute atomic E-state index is 0.0464. The zero-order chi connectivity index (χ0) is 19.2. The molecule has 2 N–H and O–H groups in total. The van der Waals surface area contributed by atoms with Crippen molar-refractivity contribution in [3.8, 4) is 0 Å². The molecule has 1 aromatic carbocycles. The summed E-state index contributed by atoms with van der Waals surface area (Å²) < 4.78 is 5.94. The molecule has 0 saturated heterocycles. The summed E-state index contributed by atoms with van der Waals surface area (Å²) in [5.41, 5.74) is 1.44. The van der Waals surface area contributed by atoms with Crippen molar-refractivity contribution in [3.63, 3.8) is 0 Å². The summed E-state index contributed by atoms with van der Waals surface area (Å²) in [7, 11) is 0. The Morgan fingerprint density at radius 3 is 2.62 bits per heavy atom. The molecule has 0 radical (unpaired) electrons. The number of nitrogens with one attached hydrogen (secondary N) is 2. The summed E-state index contributed by atoms with van der Waals surface area (Å²) in [5.74, 6) is 0.375. The Morgan fingerprint density at radius 1 is 1.19 bits per heavy atom. The Kier molecular flexibility index (Phi) is 6.61. The minimum atomic E-state index is -0.318. The van der Waals surface area contributed by atoms with Crippen LogP contribution in [0.15, 0.2) is 34.8 Å². The Labute approximate surface area is 154 Å². The number of hydrogen-bond acceptors (Lipinski definition) is 3. The molecule has 0 atom stereocenters. The number of fused-ring (bicyclic) bond motifs is 1. The smallest absolute Gasteiger partial charge is 0.244 e. The van der Waals surface area contributed by atoms with Crippen LogP contribution < -0.4 is 10.6 Å². The molecule has 0 unspecified atom stereocenters. The van der Waals surface area contributed by atoms with Crippen molar-refractivity contribution in [2.24, 2.45) is 0 Å². The van der Waals surface area contributed by atoms with E-state index >= 15 is 0 Å². The predicted molar refractivity (Wildman–Crippen MR) is 105 cm³/mol. The molecule has 0 bridgehead atoms. The Morgan fingerprint density at radius 2 is 1.92 bits per heavy atom. The summed E-state index contributed by atoms with van der Waals surface area (Å²) in [5, 5.41) is 6.41. The maximum absolute atomic E-state index is 12.1.